The molecule has 0 spiro atoms. The van der Waals surface area contributed by atoms with Gasteiger partial charge in [-0.05, 0) is 59.7 Å². The van der Waals surface area contributed by atoms with Gasteiger partial charge in [-0.25, -0.2) is 9.67 Å². The van der Waals surface area contributed by atoms with E-state index >= 15 is 0 Å². The molecular weight excluding hydrogens is 515 g/mol. The molecule has 0 aliphatic heterocycles. The topological polar surface area (TPSA) is 79.6 Å². The van der Waals surface area contributed by atoms with Crippen LogP contribution in [0.1, 0.15) is 11.1 Å². The van der Waals surface area contributed by atoms with Crippen LogP contribution in [0, 0.1) is 0 Å². The average molecular weight is 540 g/mol. The zero-order valence-electron chi connectivity index (χ0n) is 20.5. The first-order chi connectivity index (χ1) is 18.2. The van der Waals surface area contributed by atoms with Crippen LogP contribution in [0.4, 0.5) is 18.9 Å². The molecular formula is C26H24F3N7OS. The Kier molecular flexibility index (Phi) is 8.22. The Hall–Kier alpha value is -4.45. The van der Waals surface area contributed by atoms with E-state index in [1.54, 1.807) is 6.21 Å². The summed E-state index contributed by atoms with van der Waals surface area (Å²) >= 11 is 5.27. The molecule has 0 radical (unpaired) electrons. The lowest BCUT2D eigenvalue weighted by molar-refractivity contribution is -0.274. The first-order valence-electron chi connectivity index (χ1n) is 11.4. The van der Waals surface area contributed by atoms with E-state index in [4.69, 9.17) is 12.2 Å². The van der Waals surface area contributed by atoms with Gasteiger partial charge in [-0.1, -0.05) is 36.4 Å². The summed E-state index contributed by atoms with van der Waals surface area (Å²) in [6.07, 6.45) is -1.62. The standard InChI is InChI=1S/C26H24F3N7OS/c1-35(2)21-9-5-18(6-10-21)15-30-25(38)33-32-16-19-3-7-20(8-4-19)24-31-17-36(34-24)22-11-13-23(14-12-22)37-26(27,28)29/h3-14,16-17H,15H2,1-2H3,(H2,30,33,38)/b32-16+. The summed E-state index contributed by atoms with van der Waals surface area (Å²) in [5.41, 5.74) is 7.17. The third kappa shape index (κ3) is 7.53. The van der Waals surface area contributed by atoms with E-state index in [2.05, 4.69) is 30.7 Å². The van der Waals surface area contributed by atoms with E-state index in [1.807, 2.05) is 67.5 Å². The number of hydrogen-bond donors (Lipinski definition) is 2. The van der Waals surface area contributed by atoms with E-state index in [0.29, 0.717) is 23.2 Å². The number of thiocarbonyl (C=S) groups is 1. The quantitative estimate of drug-likeness (QED) is 0.187. The van der Waals surface area contributed by atoms with Crippen molar-refractivity contribution in [1.29, 1.82) is 0 Å². The molecule has 8 nitrogen and oxygen atoms in total. The van der Waals surface area contributed by atoms with Crippen LogP contribution in [0.3, 0.4) is 0 Å². The highest BCUT2D eigenvalue weighted by Gasteiger charge is 2.31. The molecule has 12 heteroatoms. The number of benzene rings is 3. The van der Waals surface area contributed by atoms with Gasteiger partial charge in [0.15, 0.2) is 10.9 Å². The van der Waals surface area contributed by atoms with Gasteiger partial charge in [0.25, 0.3) is 0 Å². The Morgan fingerprint density at radius 2 is 1.71 bits per heavy atom. The van der Waals surface area contributed by atoms with Crippen molar-refractivity contribution < 1.29 is 17.9 Å². The molecule has 0 aliphatic rings. The molecule has 0 amide bonds. The monoisotopic (exact) mass is 539 g/mol. The fourth-order valence-corrected chi connectivity index (χ4v) is 3.46. The van der Waals surface area contributed by atoms with Crippen molar-refractivity contribution in [3.05, 3.63) is 90.3 Å². The predicted octanol–water partition coefficient (Wildman–Crippen LogP) is 4.90. The number of ether oxygens (including phenoxy) is 1. The number of aromatic nitrogens is 3. The van der Waals surface area contributed by atoms with Crippen molar-refractivity contribution in [1.82, 2.24) is 25.5 Å². The second-order valence-corrected chi connectivity index (χ2v) is 8.70. The molecule has 0 bridgehead atoms. The minimum Gasteiger partial charge on any atom is -0.406 e. The van der Waals surface area contributed by atoms with Gasteiger partial charge in [0, 0.05) is 31.9 Å². The van der Waals surface area contributed by atoms with Gasteiger partial charge in [-0.2, -0.15) is 5.10 Å². The Morgan fingerprint density at radius 3 is 2.34 bits per heavy atom. The fraction of sp³-hybridized carbons (Fsp3) is 0.154. The Balaban J connectivity index is 1.28. The second-order valence-electron chi connectivity index (χ2n) is 8.29. The molecule has 38 heavy (non-hydrogen) atoms. The highest BCUT2D eigenvalue weighted by atomic mass is 32.1. The largest absolute Gasteiger partial charge is 0.573 e. The highest BCUT2D eigenvalue weighted by Crippen LogP contribution is 2.24. The number of halogens is 3. The lowest BCUT2D eigenvalue weighted by atomic mass is 10.1. The van der Waals surface area contributed by atoms with Crippen molar-refractivity contribution in [2.45, 2.75) is 12.9 Å². The molecule has 0 atom stereocenters. The third-order valence-electron chi connectivity index (χ3n) is 5.28. The number of nitrogens with zero attached hydrogens (tertiary/aromatic N) is 5. The zero-order valence-corrected chi connectivity index (χ0v) is 21.3. The normalized spacial score (nSPS) is 11.4. The maximum absolute atomic E-state index is 12.3. The van der Waals surface area contributed by atoms with Gasteiger partial charge < -0.3 is 15.0 Å². The van der Waals surface area contributed by atoms with Crippen LogP contribution in [0.5, 0.6) is 5.75 Å². The lowest BCUT2D eigenvalue weighted by Crippen LogP contribution is -2.31. The summed E-state index contributed by atoms with van der Waals surface area (Å²) in [6.45, 7) is 0.578. The number of hydrazone groups is 1. The highest BCUT2D eigenvalue weighted by molar-refractivity contribution is 7.80. The SMILES string of the molecule is CN(C)c1ccc(CNC(=S)N/N=C/c2ccc(-c3ncn(-c4ccc(OC(F)(F)F)cc4)n3)cc2)cc1. The predicted molar refractivity (Wildman–Crippen MR) is 144 cm³/mol. The number of hydrogen-bond acceptors (Lipinski definition) is 6. The molecule has 3 aromatic carbocycles. The molecule has 196 valence electrons. The molecule has 0 aliphatic carbocycles. The van der Waals surface area contributed by atoms with Crippen LogP contribution >= 0.6 is 12.2 Å². The van der Waals surface area contributed by atoms with Gasteiger partial charge in [0.2, 0.25) is 0 Å². The van der Waals surface area contributed by atoms with Crippen LogP contribution < -0.4 is 20.4 Å². The Labute approximate surface area is 222 Å². The van der Waals surface area contributed by atoms with Crippen molar-refractivity contribution in [2.75, 3.05) is 19.0 Å². The maximum Gasteiger partial charge on any atom is 0.573 e. The Morgan fingerprint density at radius 1 is 1.03 bits per heavy atom. The summed E-state index contributed by atoms with van der Waals surface area (Å²) in [6, 6.07) is 20.9. The molecule has 0 fully saturated rings. The van der Waals surface area contributed by atoms with E-state index in [1.165, 1.54) is 35.3 Å². The lowest BCUT2D eigenvalue weighted by Gasteiger charge is -2.13. The van der Waals surface area contributed by atoms with Gasteiger partial charge in [0.05, 0.1) is 11.9 Å². The molecule has 4 rings (SSSR count). The number of nitrogens with one attached hydrogen (secondary N) is 2. The third-order valence-corrected chi connectivity index (χ3v) is 5.52. The molecule has 2 N–H and O–H groups in total. The van der Waals surface area contributed by atoms with Crippen LogP contribution in [-0.2, 0) is 6.54 Å². The van der Waals surface area contributed by atoms with Crippen LogP contribution in [0.15, 0.2) is 84.2 Å². The van der Waals surface area contributed by atoms with Crippen molar-refractivity contribution in [2.24, 2.45) is 5.10 Å². The first kappa shape index (κ1) is 26.6. The second kappa shape index (κ2) is 11.7. The smallest absolute Gasteiger partial charge is 0.406 e. The van der Waals surface area contributed by atoms with E-state index < -0.39 is 6.36 Å². The van der Waals surface area contributed by atoms with Gasteiger partial charge in [0.1, 0.15) is 12.1 Å². The van der Waals surface area contributed by atoms with Crippen LogP contribution in [-0.4, -0.2) is 46.5 Å². The average Bonchev–Trinajstić information content (AvgIpc) is 3.38. The number of anilines is 1. The van der Waals surface area contributed by atoms with Crippen molar-refractivity contribution in [3.8, 4) is 22.8 Å². The molecule has 1 aromatic heterocycles. The minimum absolute atomic E-state index is 0.306. The maximum atomic E-state index is 12.3. The molecule has 0 saturated heterocycles. The molecule has 1 heterocycles. The van der Waals surface area contributed by atoms with Crippen LogP contribution in [0.25, 0.3) is 17.1 Å². The van der Waals surface area contributed by atoms with Gasteiger partial charge >= 0.3 is 6.36 Å². The van der Waals surface area contributed by atoms with E-state index in [9.17, 15) is 13.2 Å². The minimum atomic E-state index is -4.74. The zero-order chi connectivity index (χ0) is 27.1. The summed E-state index contributed by atoms with van der Waals surface area (Å²) < 4.78 is 42.4. The first-order valence-corrected chi connectivity index (χ1v) is 11.8. The molecule has 0 unspecified atom stereocenters. The number of rotatable bonds is 8. The number of alkyl halides is 3. The summed E-state index contributed by atoms with van der Waals surface area (Å²) in [5.74, 6) is 0.158. The van der Waals surface area contributed by atoms with E-state index in [0.717, 1.165) is 22.4 Å². The Bertz CT molecular complexity index is 1380. The van der Waals surface area contributed by atoms with Crippen molar-refractivity contribution >= 4 is 29.2 Å². The van der Waals surface area contributed by atoms with Crippen molar-refractivity contribution in [3.63, 3.8) is 0 Å². The van der Waals surface area contributed by atoms with Gasteiger partial charge in [-0.15, -0.1) is 18.3 Å². The summed E-state index contributed by atoms with van der Waals surface area (Å²) in [7, 11) is 3.99. The molecule has 0 saturated carbocycles. The fourth-order valence-electron chi connectivity index (χ4n) is 3.34. The van der Waals surface area contributed by atoms with E-state index in [-0.39, 0.29) is 5.75 Å². The van der Waals surface area contributed by atoms with Crippen LogP contribution in [0.2, 0.25) is 0 Å². The molecule has 4 aromatic rings. The van der Waals surface area contributed by atoms with Gasteiger partial charge in [-0.3, -0.25) is 5.43 Å². The summed E-state index contributed by atoms with van der Waals surface area (Å²) in [5, 5.41) is 12.1. The summed E-state index contributed by atoms with van der Waals surface area (Å²) in [4.78, 5) is 6.32.